The Morgan fingerprint density at radius 2 is 1.73 bits per heavy atom. The summed E-state index contributed by atoms with van der Waals surface area (Å²) in [6.07, 6.45) is -0.749. The molecular weight excluding hydrogens is 441 g/mol. The van der Waals surface area contributed by atoms with Crippen LogP contribution < -0.4 is 4.74 Å². The van der Waals surface area contributed by atoms with Gasteiger partial charge in [0.25, 0.3) is 0 Å². The molecule has 3 aliphatic heterocycles. The molecular formula is C23H31F3N2O5. The number of amides is 1. The van der Waals surface area contributed by atoms with Crippen molar-refractivity contribution in [2.45, 2.75) is 38.4 Å². The predicted octanol–water partition coefficient (Wildman–Crippen LogP) is 3.18. The molecule has 1 unspecified atom stereocenters. The number of hydrogen-bond acceptors (Lipinski definition) is 5. The first-order chi connectivity index (χ1) is 15.6. The molecule has 7 nitrogen and oxygen atoms in total. The number of methoxy groups -OCH3 is 1. The maximum absolute atomic E-state index is 13.2. The summed E-state index contributed by atoms with van der Waals surface area (Å²) in [6.45, 7) is 6.26. The number of carbonyl (C=O) groups excluding carboxylic acids is 1. The minimum atomic E-state index is -5.08. The minimum absolute atomic E-state index is 0.102. The molecule has 1 spiro atoms. The third kappa shape index (κ3) is 6.38. The molecule has 3 aliphatic rings. The zero-order chi connectivity index (χ0) is 24.1. The van der Waals surface area contributed by atoms with Crippen LogP contribution in [-0.2, 0) is 20.9 Å². The van der Waals surface area contributed by atoms with Crippen molar-refractivity contribution in [1.82, 2.24) is 9.80 Å². The number of halogens is 3. The van der Waals surface area contributed by atoms with E-state index >= 15 is 0 Å². The Balaban J connectivity index is 0.000000383. The van der Waals surface area contributed by atoms with E-state index in [2.05, 4.69) is 21.9 Å². The third-order valence-corrected chi connectivity index (χ3v) is 6.73. The van der Waals surface area contributed by atoms with Crippen LogP contribution in [0.5, 0.6) is 5.75 Å². The first-order valence-electron chi connectivity index (χ1n) is 11.2. The maximum atomic E-state index is 13.2. The highest BCUT2D eigenvalue weighted by Crippen LogP contribution is 2.45. The van der Waals surface area contributed by atoms with Gasteiger partial charge in [0.2, 0.25) is 5.91 Å². The van der Waals surface area contributed by atoms with Crippen molar-refractivity contribution in [3.63, 3.8) is 0 Å². The van der Waals surface area contributed by atoms with Crippen LogP contribution in [0, 0.1) is 11.3 Å². The molecule has 184 valence electrons. The number of alkyl halides is 3. The van der Waals surface area contributed by atoms with Crippen molar-refractivity contribution in [2.24, 2.45) is 11.3 Å². The molecule has 1 aromatic carbocycles. The zero-order valence-corrected chi connectivity index (χ0v) is 18.8. The topological polar surface area (TPSA) is 79.3 Å². The summed E-state index contributed by atoms with van der Waals surface area (Å²) >= 11 is 0. The van der Waals surface area contributed by atoms with Gasteiger partial charge < -0.3 is 19.5 Å². The number of hydrogen-bond donors (Lipinski definition) is 1. The lowest BCUT2D eigenvalue weighted by Gasteiger charge is -2.38. The van der Waals surface area contributed by atoms with Gasteiger partial charge in [-0.15, -0.1) is 0 Å². The van der Waals surface area contributed by atoms with Crippen molar-refractivity contribution in [2.75, 3.05) is 46.5 Å². The third-order valence-electron chi connectivity index (χ3n) is 6.73. The van der Waals surface area contributed by atoms with E-state index in [1.54, 1.807) is 7.11 Å². The van der Waals surface area contributed by atoms with Crippen LogP contribution in [0.4, 0.5) is 13.2 Å². The number of carbonyl (C=O) groups is 2. The van der Waals surface area contributed by atoms with Gasteiger partial charge in [0.05, 0.1) is 13.0 Å². The standard InChI is InChI=1S/C21H30N2O3.C2HF3O2/c1-25-18-6-4-17(5-7-18)14-22-15-19(20(24)23-10-2-3-11-23)21(16-22)8-12-26-13-9-21;3-2(4,5)1(6)7/h4-7,19H,2-3,8-16H2,1H3;(H,6,7). The summed E-state index contributed by atoms with van der Waals surface area (Å²) in [5.41, 5.74) is 1.38. The average Bonchev–Trinajstić information content (AvgIpc) is 3.43. The number of carboxylic acid groups (broad SMARTS) is 1. The molecule has 1 aromatic rings. The first-order valence-corrected chi connectivity index (χ1v) is 11.2. The second-order valence-electron chi connectivity index (χ2n) is 8.88. The molecule has 0 bridgehead atoms. The average molecular weight is 473 g/mol. The van der Waals surface area contributed by atoms with Crippen LogP contribution >= 0.6 is 0 Å². The number of nitrogens with zero attached hydrogens (tertiary/aromatic N) is 2. The normalized spacial score (nSPS) is 22.7. The van der Waals surface area contributed by atoms with Crippen LogP contribution in [0.1, 0.15) is 31.2 Å². The van der Waals surface area contributed by atoms with Crippen molar-refractivity contribution >= 4 is 11.9 Å². The fourth-order valence-corrected chi connectivity index (χ4v) is 4.96. The van der Waals surface area contributed by atoms with Gasteiger partial charge in [-0.1, -0.05) is 12.1 Å². The van der Waals surface area contributed by atoms with Gasteiger partial charge >= 0.3 is 12.1 Å². The van der Waals surface area contributed by atoms with Crippen molar-refractivity contribution in [1.29, 1.82) is 0 Å². The number of ether oxygens (including phenoxy) is 2. The highest BCUT2D eigenvalue weighted by atomic mass is 19.4. The Kier molecular flexibility index (Phi) is 8.23. The Morgan fingerprint density at radius 1 is 1.15 bits per heavy atom. The molecule has 3 heterocycles. The molecule has 0 saturated carbocycles. The summed E-state index contributed by atoms with van der Waals surface area (Å²) in [7, 11) is 1.69. The molecule has 4 rings (SSSR count). The fraction of sp³-hybridized carbons (Fsp3) is 0.652. The number of rotatable bonds is 4. The highest BCUT2D eigenvalue weighted by Gasteiger charge is 2.51. The number of aliphatic carboxylic acids is 1. The predicted molar refractivity (Wildman–Crippen MR) is 114 cm³/mol. The molecule has 3 saturated heterocycles. The lowest BCUT2D eigenvalue weighted by molar-refractivity contribution is -0.192. The van der Waals surface area contributed by atoms with Crippen LogP contribution in [0.3, 0.4) is 0 Å². The van der Waals surface area contributed by atoms with Crippen LogP contribution in [0.25, 0.3) is 0 Å². The van der Waals surface area contributed by atoms with Gasteiger partial charge in [-0.3, -0.25) is 9.69 Å². The van der Waals surface area contributed by atoms with Gasteiger partial charge in [0, 0.05) is 51.4 Å². The molecule has 3 fully saturated rings. The molecule has 0 aliphatic carbocycles. The first kappa shape index (κ1) is 25.3. The number of carboxylic acids is 1. The molecule has 33 heavy (non-hydrogen) atoms. The van der Waals surface area contributed by atoms with Gasteiger partial charge in [-0.2, -0.15) is 13.2 Å². The van der Waals surface area contributed by atoms with E-state index in [9.17, 15) is 18.0 Å². The maximum Gasteiger partial charge on any atom is 0.490 e. The van der Waals surface area contributed by atoms with Gasteiger partial charge in [0.15, 0.2) is 0 Å². The largest absolute Gasteiger partial charge is 0.497 e. The second-order valence-corrected chi connectivity index (χ2v) is 8.88. The second kappa shape index (κ2) is 10.7. The summed E-state index contributed by atoms with van der Waals surface area (Å²) < 4.78 is 42.6. The molecule has 1 amide bonds. The Morgan fingerprint density at radius 3 is 2.24 bits per heavy atom. The Bertz CT molecular complexity index is 803. The number of likely N-dealkylation sites (tertiary alicyclic amines) is 2. The quantitative estimate of drug-likeness (QED) is 0.725. The van der Waals surface area contributed by atoms with E-state index < -0.39 is 12.1 Å². The van der Waals surface area contributed by atoms with Gasteiger partial charge in [-0.25, -0.2) is 4.79 Å². The molecule has 0 aromatic heterocycles. The van der Waals surface area contributed by atoms with Gasteiger partial charge in [-0.05, 0) is 43.4 Å². The number of benzene rings is 1. The molecule has 1 N–H and O–H groups in total. The summed E-state index contributed by atoms with van der Waals surface area (Å²) in [5.74, 6) is -1.35. The minimum Gasteiger partial charge on any atom is -0.497 e. The van der Waals surface area contributed by atoms with E-state index in [4.69, 9.17) is 19.4 Å². The van der Waals surface area contributed by atoms with Crippen molar-refractivity contribution < 1.29 is 37.3 Å². The molecule has 1 atom stereocenters. The molecule has 0 radical (unpaired) electrons. The lowest BCUT2D eigenvalue weighted by atomic mass is 9.71. The van der Waals surface area contributed by atoms with E-state index in [-0.39, 0.29) is 11.3 Å². The Labute approximate surface area is 191 Å². The highest BCUT2D eigenvalue weighted by molar-refractivity contribution is 5.80. The monoisotopic (exact) mass is 472 g/mol. The fourth-order valence-electron chi connectivity index (χ4n) is 4.96. The molecule has 10 heteroatoms. The van der Waals surface area contributed by atoms with E-state index in [1.807, 2.05) is 12.1 Å². The van der Waals surface area contributed by atoms with Crippen LogP contribution in [-0.4, -0.2) is 79.5 Å². The SMILES string of the molecule is COc1ccc(CN2CC(C(=O)N3CCCC3)C3(CCOCC3)C2)cc1.O=C(O)C(F)(F)F. The zero-order valence-electron chi connectivity index (χ0n) is 18.8. The van der Waals surface area contributed by atoms with Gasteiger partial charge in [0.1, 0.15) is 5.75 Å². The Hall–Kier alpha value is -2.33. The van der Waals surface area contributed by atoms with E-state index in [1.165, 1.54) is 5.56 Å². The smallest absolute Gasteiger partial charge is 0.490 e. The van der Waals surface area contributed by atoms with Crippen LogP contribution in [0.2, 0.25) is 0 Å². The van der Waals surface area contributed by atoms with E-state index in [0.717, 1.165) is 77.4 Å². The van der Waals surface area contributed by atoms with E-state index in [0.29, 0.717) is 5.91 Å². The van der Waals surface area contributed by atoms with Crippen molar-refractivity contribution in [3.8, 4) is 5.75 Å². The summed E-state index contributed by atoms with van der Waals surface area (Å²) in [6, 6.07) is 8.29. The summed E-state index contributed by atoms with van der Waals surface area (Å²) in [5, 5.41) is 7.12. The van der Waals surface area contributed by atoms with Crippen molar-refractivity contribution in [3.05, 3.63) is 29.8 Å². The van der Waals surface area contributed by atoms with Crippen LogP contribution in [0.15, 0.2) is 24.3 Å². The summed E-state index contributed by atoms with van der Waals surface area (Å²) in [4.78, 5) is 26.7. The lowest BCUT2D eigenvalue weighted by Crippen LogP contribution is -2.45.